The lowest BCUT2D eigenvalue weighted by molar-refractivity contribution is -0.135. The SMILES string of the molecule is CC(=O)N(CC(=O)Nc1ccc(N2CCC(C)CC2)cc1)C1CCCCC1. The molecule has 148 valence electrons. The highest BCUT2D eigenvalue weighted by Crippen LogP contribution is 2.25. The average Bonchev–Trinajstić information content (AvgIpc) is 2.68. The van der Waals surface area contributed by atoms with Gasteiger partial charge in [0.25, 0.3) is 0 Å². The molecule has 1 saturated heterocycles. The molecule has 27 heavy (non-hydrogen) atoms. The Kier molecular flexibility index (Phi) is 6.75. The maximum Gasteiger partial charge on any atom is 0.244 e. The van der Waals surface area contributed by atoms with Gasteiger partial charge in [-0.25, -0.2) is 0 Å². The number of hydrogen-bond acceptors (Lipinski definition) is 3. The van der Waals surface area contributed by atoms with E-state index in [2.05, 4.69) is 29.3 Å². The van der Waals surface area contributed by atoms with Crippen molar-refractivity contribution in [2.45, 2.75) is 64.8 Å². The first-order chi connectivity index (χ1) is 13.0. The fraction of sp³-hybridized carbons (Fsp3) is 0.636. The van der Waals surface area contributed by atoms with Crippen LogP contribution in [0.5, 0.6) is 0 Å². The minimum Gasteiger partial charge on any atom is -0.372 e. The Morgan fingerprint density at radius 3 is 2.26 bits per heavy atom. The van der Waals surface area contributed by atoms with E-state index in [1.165, 1.54) is 24.9 Å². The summed E-state index contributed by atoms with van der Waals surface area (Å²) < 4.78 is 0. The van der Waals surface area contributed by atoms with Gasteiger partial charge >= 0.3 is 0 Å². The quantitative estimate of drug-likeness (QED) is 0.850. The normalized spacial score (nSPS) is 19.0. The van der Waals surface area contributed by atoms with Gasteiger partial charge in [0.05, 0.1) is 0 Å². The smallest absolute Gasteiger partial charge is 0.244 e. The number of carbonyl (C=O) groups excluding carboxylic acids is 2. The zero-order chi connectivity index (χ0) is 19.2. The summed E-state index contributed by atoms with van der Waals surface area (Å²) in [5.41, 5.74) is 2.01. The molecule has 0 spiro atoms. The largest absolute Gasteiger partial charge is 0.372 e. The van der Waals surface area contributed by atoms with Gasteiger partial charge in [0.1, 0.15) is 6.54 Å². The molecule has 1 N–H and O–H groups in total. The molecule has 3 rings (SSSR count). The molecule has 2 amide bonds. The van der Waals surface area contributed by atoms with E-state index < -0.39 is 0 Å². The van der Waals surface area contributed by atoms with Gasteiger partial charge in [0.2, 0.25) is 11.8 Å². The van der Waals surface area contributed by atoms with Crippen LogP contribution in [-0.4, -0.2) is 42.4 Å². The molecule has 5 heteroatoms. The van der Waals surface area contributed by atoms with Gasteiger partial charge < -0.3 is 15.1 Å². The Morgan fingerprint density at radius 2 is 1.67 bits per heavy atom. The molecule has 1 aromatic rings. The lowest BCUT2D eigenvalue weighted by Gasteiger charge is -2.33. The maximum absolute atomic E-state index is 12.5. The molecule has 1 saturated carbocycles. The topological polar surface area (TPSA) is 52.7 Å². The van der Waals surface area contributed by atoms with Crippen molar-refractivity contribution in [2.24, 2.45) is 5.92 Å². The standard InChI is InChI=1S/C22H33N3O2/c1-17-12-14-24(15-13-17)20-10-8-19(9-11-20)23-22(27)16-25(18(2)26)21-6-4-3-5-7-21/h8-11,17,21H,3-7,12-16H2,1-2H3,(H,23,27). The number of nitrogens with one attached hydrogen (secondary N) is 1. The van der Waals surface area contributed by atoms with Crippen molar-refractivity contribution in [3.05, 3.63) is 24.3 Å². The van der Waals surface area contributed by atoms with E-state index in [9.17, 15) is 9.59 Å². The van der Waals surface area contributed by atoms with Crippen molar-refractivity contribution in [2.75, 3.05) is 29.9 Å². The van der Waals surface area contributed by atoms with Crippen LogP contribution in [0.2, 0.25) is 0 Å². The third-order valence-corrected chi connectivity index (χ3v) is 6.03. The predicted octanol–water partition coefficient (Wildman–Crippen LogP) is 4.04. The number of amides is 2. The van der Waals surface area contributed by atoms with Gasteiger partial charge in [-0.15, -0.1) is 0 Å². The van der Waals surface area contributed by atoms with Crippen LogP contribution in [0.15, 0.2) is 24.3 Å². The monoisotopic (exact) mass is 371 g/mol. The van der Waals surface area contributed by atoms with Gasteiger partial charge in [-0.2, -0.15) is 0 Å². The van der Waals surface area contributed by atoms with E-state index >= 15 is 0 Å². The first-order valence-electron chi connectivity index (χ1n) is 10.4. The molecular weight excluding hydrogens is 338 g/mol. The summed E-state index contributed by atoms with van der Waals surface area (Å²) in [7, 11) is 0. The fourth-order valence-electron chi connectivity index (χ4n) is 4.27. The van der Waals surface area contributed by atoms with Crippen LogP contribution in [0.25, 0.3) is 0 Å². The van der Waals surface area contributed by atoms with E-state index in [1.807, 2.05) is 12.1 Å². The molecule has 1 aliphatic carbocycles. The Hall–Kier alpha value is -2.04. The molecular formula is C22H33N3O2. The molecule has 0 radical (unpaired) electrons. The van der Waals surface area contributed by atoms with Gasteiger partial charge in [-0.05, 0) is 55.9 Å². The van der Waals surface area contributed by atoms with E-state index in [0.717, 1.165) is 50.4 Å². The van der Waals surface area contributed by atoms with Crippen LogP contribution < -0.4 is 10.2 Å². The van der Waals surface area contributed by atoms with Crippen molar-refractivity contribution in [1.29, 1.82) is 0 Å². The van der Waals surface area contributed by atoms with E-state index in [1.54, 1.807) is 11.8 Å². The Bertz CT molecular complexity index is 629. The van der Waals surface area contributed by atoms with Crippen molar-refractivity contribution >= 4 is 23.2 Å². The molecule has 1 aliphatic heterocycles. The molecule has 0 atom stereocenters. The average molecular weight is 372 g/mol. The lowest BCUT2D eigenvalue weighted by Crippen LogP contribution is -2.44. The number of nitrogens with zero attached hydrogens (tertiary/aromatic N) is 2. The van der Waals surface area contributed by atoms with E-state index in [0.29, 0.717) is 0 Å². The summed E-state index contributed by atoms with van der Waals surface area (Å²) in [5, 5.41) is 2.95. The van der Waals surface area contributed by atoms with Gasteiger partial charge in [0, 0.05) is 37.4 Å². The van der Waals surface area contributed by atoms with Crippen LogP contribution >= 0.6 is 0 Å². The minimum absolute atomic E-state index is 0.00766. The van der Waals surface area contributed by atoms with Gasteiger partial charge in [-0.1, -0.05) is 26.2 Å². The number of hydrogen-bond donors (Lipinski definition) is 1. The highest BCUT2D eigenvalue weighted by atomic mass is 16.2. The number of benzene rings is 1. The summed E-state index contributed by atoms with van der Waals surface area (Å²) in [4.78, 5) is 28.6. The molecule has 2 aliphatic rings. The predicted molar refractivity (Wildman–Crippen MR) is 110 cm³/mol. The summed E-state index contributed by atoms with van der Waals surface area (Å²) >= 11 is 0. The summed E-state index contributed by atoms with van der Waals surface area (Å²) in [6.07, 6.45) is 8.02. The summed E-state index contributed by atoms with van der Waals surface area (Å²) in [6.45, 7) is 6.22. The van der Waals surface area contributed by atoms with Gasteiger partial charge in [0.15, 0.2) is 0 Å². The molecule has 2 fully saturated rings. The van der Waals surface area contributed by atoms with E-state index in [-0.39, 0.29) is 24.4 Å². The molecule has 1 aromatic carbocycles. The van der Waals surface area contributed by atoms with E-state index in [4.69, 9.17) is 0 Å². The Morgan fingerprint density at radius 1 is 1.04 bits per heavy atom. The first kappa shape index (κ1) is 19.7. The van der Waals surface area contributed by atoms with Crippen LogP contribution in [0.3, 0.4) is 0 Å². The fourth-order valence-corrected chi connectivity index (χ4v) is 4.27. The van der Waals surface area contributed by atoms with Crippen LogP contribution in [-0.2, 0) is 9.59 Å². The number of rotatable bonds is 5. The molecule has 0 bridgehead atoms. The van der Waals surface area contributed by atoms with Crippen LogP contribution in [0.1, 0.15) is 58.8 Å². The summed E-state index contributed by atoms with van der Waals surface area (Å²) in [5.74, 6) is 0.690. The Labute approximate surface area is 163 Å². The maximum atomic E-state index is 12.5. The number of piperidine rings is 1. The second kappa shape index (κ2) is 9.25. The Balaban J connectivity index is 1.54. The number of anilines is 2. The minimum atomic E-state index is -0.115. The third kappa shape index (κ3) is 5.47. The molecule has 5 nitrogen and oxygen atoms in total. The highest BCUT2D eigenvalue weighted by molar-refractivity contribution is 5.94. The molecule has 1 heterocycles. The van der Waals surface area contributed by atoms with Crippen molar-refractivity contribution in [1.82, 2.24) is 4.90 Å². The molecule has 0 aromatic heterocycles. The number of carbonyl (C=O) groups is 2. The van der Waals surface area contributed by atoms with Crippen LogP contribution in [0, 0.1) is 5.92 Å². The first-order valence-corrected chi connectivity index (χ1v) is 10.4. The zero-order valence-electron chi connectivity index (χ0n) is 16.7. The lowest BCUT2D eigenvalue weighted by atomic mass is 9.94. The van der Waals surface area contributed by atoms with Crippen molar-refractivity contribution in [3.63, 3.8) is 0 Å². The highest BCUT2D eigenvalue weighted by Gasteiger charge is 2.25. The van der Waals surface area contributed by atoms with Gasteiger partial charge in [-0.3, -0.25) is 9.59 Å². The molecule has 0 unspecified atom stereocenters. The summed E-state index contributed by atoms with van der Waals surface area (Å²) in [6, 6.07) is 8.30. The zero-order valence-corrected chi connectivity index (χ0v) is 16.7. The second-order valence-electron chi connectivity index (χ2n) is 8.20. The van der Waals surface area contributed by atoms with Crippen LogP contribution in [0.4, 0.5) is 11.4 Å². The van der Waals surface area contributed by atoms with Crippen molar-refractivity contribution < 1.29 is 9.59 Å². The van der Waals surface area contributed by atoms with Crippen molar-refractivity contribution in [3.8, 4) is 0 Å². The second-order valence-corrected chi connectivity index (χ2v) is 8.20. The third-order valence-electron chi connectivity index (χ3n) is 6.03.